The van der Waals surface area contributed by atoms with Gasteiger partial charge < -0.3 is 4.74 Å². The molecule has 7 heteroatoms. The number of ether oxygens (including phenoxy) is 1. The van der Waals surface area contributed by atoms with E-state index in [1.807, 2.05) is 0 Å². The average molecular weight is 376 g/mol. The van der Waals surface area contributed by atoms with Crippen molar-refractivity contribution in [2.75, 3.05) is 0 Å². The molecule has 0 unspecified atom stereocenters. The molecule has 0 saturated carbocycles. The van der Waals surface area contributed by atoms with Crippen LogP contribution in [0.15, 0.2) is 27.1 Å². The molecule has 0 saturated heterocycles. The maximum atomic E-state index is 11.8. The topological polar surface area (TPSA) is 26.3 Å². The summed E-state index contributed by atoms with van der Waals surface area (Å²) >= 11 is 6.44. The van der Waals surface area contributed by atoms with Crippen molar-refractivity contribution in [2.24, 2.45) is 0 Å². The molecule has 1 aromatic carbocycles. The maximum Gasteiger partial charge on any atom is 0.399 e. The SMILES string of the molecule is O=C(CC(F)(F)F)OCc1cc(Br)cc(Br)c1. The monoisotopic (exact) mass is 374 g/mol. The van der Waals surface area contributed by atoms with Gasteiger partial charge in [0.15, 0.2) is 0 Å². The zero-order valence-corrected chi connectivity index (χ0v) is 11.5. The van der Waals surface area contributed by atoms with Crippen LogP contribution in [0.2, 0.25) is 0 Å². The van der Waals surface area contributed by atoms with E-state index in [2.05, 4.69) is 36.6 Å². The van der Waals surface area contributed by atoms with Crippen molar-refractivity contribution in [3.63, 3.8) is 0 Å². The molecular formula is C10H7Br2F3O2. The van der Waals surface area contributed by atoms with Gasteiger partial charge in [0.1, 0.15) is 13.0 Å². The first-order chi connectivity index (χ1) is 7.76. The molecule has 0 heterocycles. The normalized spacial score (nSPS) is 11.4. The molecule has 0 N–H and O–H groups in total. The standard InChI is InChI=1S/C10H7Br2F3O2/c11-7-1-6(2-8(12)3-7)5-17-9(16)4-10(13,14)15/h1-3H,4-5H2. The molecule has 0 radical (unpaired) electrons. The molecule has 1 aromatic rings. The fourth-order valence-electron chi connectivity index (χ4n) is 1.07. The van der Waals surface area contributed by atoms with Gasteiger partial charge in [0.25, 0.3) is 0 Å². The number of halogens is 5. The lowest BCUT2D eigenvalue weighted by atomic mass is 10.2. The van der Waals surface area contributed by atoms with Crippen LogP contribution in [0.4, 0.5) is 13.2 Å². The van der Waals surface area contributed by atoms with E-state index in [0.29, 0.717) is 5.56 Å². The molecule has 0 aromatic heterocycles. The summed E-state index contributed by atoms with van der Waals surface area (Å²) in [5.41, 5.74) is 0.599. The van der Waals surface area contributed by atoms with Crippen molar-refractivity contribution >= 4 is 37.8 Å². The van der Waals surface area contributed by atoms with Crippen LogP contribution in [0.3, 0.4) is 0 Å². The van der Waals surface area contributed by atoms with Gasteiger partial charge in [0.2, 0.25) is 0 Å². The molecule has 0 amide bonds. The second kappa shape index (κ2) is 5.86. The number of rotatable bonds is 3. The smallest absolute Gasteiger partial charge is 0.399 e. The Balaban J connectivity index is 2.53. The summed E-state index contributed by atoms with van der Waals surface area (Å²) in [6.07, 6.45) is -6.10. The Hall–Kier alpha value is -0.560. The van der Waals surface area contributed by atoms with E-state index in [1.54, 1.807) is 18.2 Å². The lowest BCUT2D eigenvalue weighted by molar-refractivity contribution is -0.172. The molecule has 0 spiro atoms. The average Bonchev–Trinajstić information content (AvgIpc) is 2.10. The summed E-state index contributed by atoms with van der Waals surface area (Å²) in [5.74, 6) is -1.28. The lowest BCUT2D eigenvalue weighted by Gasteiger charge is -2.08. The van der Waals surface area contributed by atoms with Gasteiger partial charge in [0, 0.05) is 8.95 Å². The van der Waals surface area contributed by atoms with Gasteiger partial charge in [-0.3, -0.25) is 4.79 Å². The first-order valence-corrected chi connectivity index (χ1v) is 6.02. The summed E-state index contributed by atoms with van der Waals surface area (Å²) in [6.45, 7) is -0.188. The molecule has 0 aliphatic heterocycles. The van der Waals surface area contributed by atoms with Crippen LogP contribution >= 0.6 is 31.9 Å². The quantitative estimate of drug-likeness (QED) is 0.740. The third kappa shape index (κ3) is 6.07. The lowest BCUT2D eigenvalue weighted by Crippen LogP contribution is -2.17. The number of hydrogen-bond acceptors (Lipinski definition) is 2. The summed E-state index contributed by atoms with van der Waals surface area (Å²) in [5, 5.41) is 0. The number of carbonyl (C=O) groups is 1. The van der Waals surface area contributed by atoms with E-state index < -0.39 is 18.6 Å². The van der Waals surface area contributed by atoms with Crippen LogP contribution in [0.25, 0.3) is 0 Å². The van der Waals surface area contributed by atoms with Gasteiger partial charge in [-0.15, -0.1) is 0 Å². The molecule has 0 bridgehead atoms. The summed E-state index contributed by atoms with van der Waals surface area (Å²) in [7, 11) is 0. The molecule has 1 rings (SSSR count). The molecule has 0 fully saturated rings. The highest BCUT2D eigenvalue weighted by Crippen LogP contribution is 2.22. The molecule has 0 atom stereocenters. The molecule has 94 valence electrons. The van der Waals surface area contributed by atoms with Gasteiger partial charge in [-0.25, -0.2) is 0 Å². The van der Waals surface area contributed by atoms with Crippen molar-refractivity contribution in [1.29, 1.82) is 0 Å². The first-order valence-electron chi connectivity index (χ1n) is 4.43. The minimum absolute atomic E-state index is 0.188. The minimum Gasteiger partial charge on any atom is -0.461 e. The number of benzene rings is 1. The molecule has 17 heavy (non-hydrogen) atoms. The van der Waals surface area contributed by atoms with Crippen LogP contribution in [0.5, 0.6) is 0 Å². The first kappa shape index (κ1) is 14.5. The van der Waals surface area contributed by atoms with Crippen LogP contribution in [0, 0.1) is 0 Å². The fraction of sp³-hybridized carbons (Fsp3) is 0.300. The van der Waals surface area contributed by atoms with Crippen molar-refractivity contribution in [3.8, 4) is 0 Å². The predicted octanol–water partition coefficient (Wildman–Crippen LogP) is 4.21. The Morgan fingerprint density at radius 1 is 1.18 bits per heavy atom. The number of hydrogen-bond donors (Lipinski definition) is 0. The highest BCUT2D eigenvalue weighted by atomic mass is 79.9. The summed E-state index contributed by atoms with van der Waals surface area (Å²) < 4.78 is 41.5. The molecule has 2 nitrogen and oxygen atoms in total. The zero-order valence-electron chi connectivity index (χ0n) is 8.35. The van der Waals surface area contributed by atoms with E-state index in [4.69, 9.17) is 0 Å². The third-order valence-corrected chi connectivity index (χ3v) is 2.58. The second-order valence-corrected chi connectivity index (χ2v) is 5.06. The number of alkyl halides is 3. The summed E-state index contributed by atoms with van der Waals surface area (Å²) in [4.78, 5) is 10.8. The van der Waals surface area contributed by atoms with Crippen LogP contribution in [-0.2, 0) is 16.1 Å². The highest BCUT2D eigenvalue weighted by molar-refractivity contribution is 9.11. The van der Waals surface area contributed by atoms with Gasteiger partial charge in [-0.2, -0.15) is 13.2 Å². The van der Waals surface area contributed by atoms with Crippen LogP contribution < -0.4 is 0 Å². The minimum atomic E-state index is -4.53. The van der Waals surface area contributed by atoms with Crippen molar-refractivity contribution < 1.29 is 22.7 Å². The van der Waals surface area contributed by atoms with Crippen LogP contribution in [-0.4, -0.2) is 12.1 Å². The van der Waals surface area contributed by atoms with Crippen LogP contribution in [0.1, 0.15) is 12.0 Å². The largest absolute Gasteiger partial charge is 0.461 e. The van der Waals surface area contributed by atoms with E-state index >= 15 is 0 Å². The maximum absolute atomic E-state index is 11.8. The zero-order chi connectivity index (χ0) is 13.1. The summed E-state index contributed by atoms with van der Waals surface area (Å²) in [6, 6.07) is 5.08. The second-order valence-electron chi connectivity index (χ2n) is 3.23. The highest BCUT2D eigenvalue weighted by Gasteiger charge is 2.32. The Morgan fingerprint density at radius 3 is 2.18 bits per heavy atom. The van der Waals surface area contributed by atoms with E-state index in [9.17, 15) is 18.0 Å². The molecule has 0 aliphatic rings. The van der Waals surface area contributed by atoms with Gasteiger partial charge in [-0.05, 0) is 23.8 Å². The van der Waals surface area contributed by atoms with Gasteiger partial charge >= 0.3 is 12.1 Å². The Bertz CT molecular complexity index is 398. The molecule has 0 aliphatic carbocycles. The van der Waals surface area contributed by atoms with Crippen molar-refractivity contribution in [3.05, 3.63) is 32.7 Å². The Labute approximate surface area is 112 Å². The predicted molar refractivity (Wildman–Crippen MR) is 62.3 cm³/mol. The van der Waals surface area contributed by atoms with E-state index in [-0.39, 0.29) is 6.61 Å². The van der Waals surface area contributed by atoms with Crippen molar-refractivity contribution in [2.45, 2.75) is 19.2 Å². The third-order valence-electron chi connectivity index (χ3n) is 1.67. The van der Waals surface area contributed by atoms with Crippen molar-refractivity contribution in [1.82, 2.24) is 0 Å². The molecular weight excluding hydrogens is 369 g/mol. The number of carbonyl (C=O) groups excluding carboxylic acids is 1. The van der Waals surface area contributed by atoms with E-state index in [1.165, 1.54) is 0 Å². The van der Waals surface area contributed by atoms with E-state index in [0.717, 1.165) is 8.95 Å². The Kier molecular flexibility index (Phi) is 5.00. The van der Waals surface area contributed by atoms with Gasteiger partial charge in [-0.1, -0.05) is 31.9 Å². The number of esters is 1. The fourth-order valence-corrected chi connectivity index (χ4v) is 2.46. The van der Waals surface area contributed by atoms with Gasteiger partial charge in [0.05, 0.1) is 0 Å². The Morgan fingerprint density at radius 2 is 1.71 bits per heavy atom.